The molecule has 0 fully saturated rings. The molecular formula is C49H51N2O4Zr+. The molecule has 0 amide bonds. The van der Waals surface area contributed by atoms with Crippen LogP contribution in [0.25, 0.3) is 0 Å². The van der Waals surface area contributed by atoms with Gasteiger partial charge in [-0.15, -0.1) is 36.4 Å². The summed E-state index contributed by atoms with van der Waals surface area (Å²) in [6.07, 6.45) is 5.86. The van der Waals surface area contributed by atoms with Crippen LogP contribution in [0.5, 0.6) is 0 Å². The predicted octanol–water partition coefficient (Wildman–Crippen LogP) is 10.4. The summed E-state index contributed by atoms with van der Waals surface area (Å²) in [4.78, 5) is 34.5. The van der Waals surface area contributed by atoms with Crippen molar-refractivity contribution < 1.29 is 45.7 Å². The van der Waals surface area contributed by atoms with E-state index in [4.69, 9.17) is 4.98 Å². The van der Waals surface area contributed by atoms with E-state index in [-0.39, 0.29) is 32.2 Å². The van der Waals surface area contributed by atoms with Gasteiger partial charge in [-0.2, -0.15) is 53.1 Å². The van der Waals surface area contributed by atoms with Gasteiger partial charge in [0.25, 0.3) is 0 Å². The Kier molecular flexibility index (Phi) is 21.1. The minimum absolute atomic E-state index is 0. The van der Waals surface area contributed by atoms with Crippen LogP contribution in [0.3, 0.4) is 0 Å². The number of aliphatic hydroxyl groups is 1. The number of hydrogen-bond donors (Lipinski definition) is 2. The molecule has 6 nitrogen and oxygen atoms in total. The zero-order valence-corrected chi connectivity index (χ0v) is 35.5. The van der Waals surface area contributed by atoms with Gasteiger partial charge in [-0.25, -0.2) is 0 Å². The molecule has 2 unspecified atom stereocenters. The van der Waals surface area contributed by atoms with Crippen molar-refractivity contribution in [3.8, 4) is 0 Å². The van der Waals surface area contributed by atoms with E-state index >= 15 is 0 Å². The van der Waals surface area contributed by atoms with E-state index < -0.39 is 5.60 Å². The molecule has 0 aliphatic rings. The summed E-state index contributed by atoms with van der Waals surface area (Å²) in [5, 5.41) is 14.9. The Balaban J connectivity index is 0.000000346. The van der Waals surface area contributed by atoms with Crippen molar-refractivity contribution in [2.45, 2.75) is 71.4 Å². The van der Waals surface area contributed by atoms with Crippen LogP contribution in [0.2, 0.25) is 0 Å². The van der Waals surface area contributed by atoms with E-state index in [0.717, 1.165) is 11.3 Å². The first-order valence-corrected chi connectivity index (χ1v) is 18.4. The molecule has 6 rings (SSSR count). The third-order valence-electron chi connectivity index (χ3n) is 8.57. The van der Waals surface area contributed by atoms with Gasteiger partial charge in [0, 0.05) is 12.1 Å². The van der Waals surface area contributed by atoms with Crippen molar-refractivity contribution >= 4 is 24.5 Å². The quantitative estimate of drug-likeness (QED) is 0.126. The van der Waals surface area contributed by atoms with Gasteiger partial charge in [0.15, 0.2) is 0 Å². The fourth-order valence-corrected chi connectivity index (χ4v) is 5.60. The van der Waals surface area contributed by atoms with Crippen molar-refractivity contribution in [2.24, 2.45) is 0 Å². The van der Waals surface area contributed by atoms with Crippen LogP contribution < -0.4 is 5.32 Å². The van der Waals surface area contributed by atoms with Gasteiger partial charge in [0.2, 0.25) is 0 Å². The average molecular weight is 823 g/mol. The molecule has 0 aliphatic heterocycles. The molecule has 7 heteroatoms. The molecule has 0 radical (unpaired) electrons. The largest absolute Gasteiger partial charge is 4.00 e. The molecule has 0 bridgehead atoms. The number of hydrogen-bond acceptors (Lipinski definition) is 6. The second-order valence-corrected chi connectivity index (χ2v) is 13.8. The third-order valence-corrected chi connectivity index (χ3v) is 8.57. The molecule has 2 atom stereocenters. The van der Waals surface area contributed by atoms with Crippen molar-refractivity contribution in [2.75, 3.05) is 5.32 Å². The molecule has 1 aromatic heterocycles. The monoisotopic (exact) mass is 821 g/mol. The second-order valence-electron chi connectivity index (χ2n) is 13.8. The minimum Gasteiger partial charge on any atom is -0.383 e. The third kappa shape index (κ3) is 15.9. The van der Waals surface area contributed by atoms with Crippen LogP contribution in [0, 0.1) is 0 Å². The van der Waals surface area contributed by atoms with E-state index in [1.165, 1.54) is 16.8 Å². The van der Waals surface area contributed by atoms with Gasteiger partial charge in [0.05, 0.1) is 36.3 Å². The zero-order valence-electron chi connectivity index (χ0n) is 33.1. The second kappa shape index (κ2) is 25.1. The molecule has 2 N–H and O–H groups in total. The summed E-state index contributed by atoms with van der Waals surface area (Å²) in [6.45, 7) is 12.9. The number of para-hydroxylation sites is 1. The van der Waals surface area contributed by atoms with Gasteiger partial charge < -0.3 is 24.8 Å². The van der Waals surface area contributed by atoms with Crippen LogP contribution in [-0.4, -0.2) is 28.9 Å². The maximum absolute atomic E-state index is 11.2. The van der Waals surface area contributed by atoms with Crippen LogP contribution >= 0.6 is 0 Å². The summed E-state index contributed by atoms with van der Waals surface area (Å²) >= 11 is 0. The number of benzene rings is 5. The van der Waals surface area contributed by atoms with Crippen LogP contribution in [0.1, 0.15) is 104 Å². The molecular weight excluding hydrogens is 772 g/mol. The molecule has 0 aliphatic carbocycles. The Labute approximate surface area is 352 Å². The summed E-state index contributed by atoms with van der Waals surface area (Å²) in [6, 6.07) is 49.3. The first-order valence-electron chi connectivity index (χ1n) is 18.4. The van der Waals surface area contributed by atoms with Gasteiger partial charge in [-0.1, -0.05) is 100 Å². The normalized spacial score (nSPS) is 11.7. The van der Waals surface area contributed by atoms with Crippen molar-refractivity contribution in [3.05, 3.63) is 202 Å². The number of pyridine rings is 1. The van der Waals surface area contributed by atoms with Crippen molar-refractivity contribution in [1.29, 1.82) is 0 Å². The predicted molar refractivity (Wildman–Crippen MR) is 224 cm³/mol. The Morgan fingerprint density at radius 1 is 0.554 bits per heavy atom. The van der Waals surface area contributed by atoms with E-state index in [2.05, 4.69) is 58.1 Å². The van der Waals surface area contributed by atoms with E-state index in [9.17, 15) is 19.5 Å². The SMILES string of the molecule is CC(C)c1cccc(C(C)C)c1NC(C)c1cccc(C(C)(O)Cc2ccccc2)n1.O=[C-]c1ccccc1.O=[C-]c1ccccc1.O=[C-]c1ccccc1.[Zr+4]. The van der Waals surface area contributed by atoms with Crippen molar-refractivity contribution in [1.82, 2.24) is 4.98 Å². The summed E-state index contributed by atoms with van der Waals surface area (Å²) in [7, 11) is 0. The van der Waals surface area contributed by atoms with Gasteiger partial charge in [-0.3, -0.25) is 4.98 Å². The molecule has 6 aromatic rings. The number of carbonyl (C=O) groups excluding carboxylic acids is 3. The Morgan fingerprint density at radius 2 is 0.929 bits per heavy atom. The van der Waals surface area contributed by atoms with Crippen molar-refractivity contribution in [3.63, 3.8) is 0 Å². The number of anilines is 1. The molecule has 284 valence electrons. The van der Waals surface area contributed by atoms with Gasteiger partial charge in [0.1, 0.15) is 5.60 Å². The summed E-state index contributed by atoms with van der Waals surface area (Å²) < 4.78 is 0. The molecule has 56 heavy (non-hydrogen) atoms. The smallest absolute Gasteiger partial charge is 0.383 e. The maximum Gasteiger partial charge on any atom is 4.00 e. The molecule has 0 saturated carbocycles. The van der Waals surface area contributed by atoms with Crippen LogP contribution in [-0.2, 0) is 52.6 Å². The maximum atomic E-state index is 11.2. The fraction of sp³-hybridized carbons (Fsp3) is 0.224. The Bertz CT molecular complexity index is 1870. The first-order chi connectivity index (χ1) is 26.5. The minimum atomic E-state index is -1.03. The first kappa shape index (κ1) is 47.1. The zero-order chi connectivity index (χ0) is 40.1. The number of nitrogens with one attached hydrogen (secondary N) is 1. The molecule has 5 aromatic carbocycles. The van der Waals surface area contributed by atoms with E-state index in [0.29, 0.717) is 40.6 Å². The van der Waals surface area contributed by atoms with Crippen LogP contribution in [0.4, 0.5) is 5.69 Å². The molecule has 1 heterocycles. The summed E-state index contributed by atoms with van der Waals surface area (Å²) in [5.41, 5.74) is 7.36. The van der Waals surface area contributed by atoms with Crippen LogP contribution in [0.15, 0.2) is 158 Å². The topological polar surface area (TPSA) is 96.4 Å². The molecule has 0 spiro atoms. The standard InChI is InChI=1S/C28H36N2O.3C7H5O.Zr/c1-19(2)23-14-10-15-24(20(3)4)27(23)29-21(5)25-16-11-17-26(30-25)28(6,31)18-22-12-8-7-9-13-22;3*8-6-7-4-2-1-3-5-7;/h7-17,19-21,29,31H,18H2,1-6H3;3*1-5H;/q;3*-1;+4. The van der Waals surface area contributed by atoms with Gasteiger partial charge >= 0.3 is 26.2 Å². The Morgan fingerprint density at radius 3 is 1.29 bits per heavy atom. The number of aromatic nitrogens is 1. The summed E-state index contributed by atoms with van der Waals surface area (Å²) in [5.74, 6) is 0.860. The molecule has 0 saturated heterocycles. The number of nitrogens with zero attached hydrogens (tertiary/aromatic N) is 1. The Hall–Kier alpha value is -5.10. The van der Waals surface area contributed by atoms with E-state index in [1.54, 1.807) is 91.7 Å². The van der Waals surface area contributed by atoms with E-state index in [1.807, 2.05) is 73.7 Å². The average Bonchev–Trinajstić information content (AvgIpc) is 3.22. The number of rotatable bonds is 11. The fourth-order valence-electron chi connectivity index (χ4n) is 5.60. The van der Waals surface area contributed by atoms with Gasteiger partial charge in [-0.05, 0) is 54.5 Å².